The number of ether oxygens (including phenoxy) is 2. The van der Waals surface area contributed by atoms with E-state index in [1.54, 1.807) is 0 Å². The summed E-state index contributed by atoms with van der Waals surface area (Å²) in [4.78, 5) is 25.6. The fourth-order valence-electron chi connectivity index (χ4n) is 3.21. The molecule has 0 saturated heterocycles. The highest BCUT2D eigenvalue weighted by atomic mass is 16.6. The highest BCUT2D eigenvalue weighted by molar-refractivity contribution is 5.95. The zero-order valence-electron chi connectivity index (χ0n) is 16.8. The van der Waals surface area contributed by atoms with Gasteiger partial charge in [0.2, 0.25) is 0 Å². The van der Waals surface area contributed by atoms with E-state index in [0.29, 0.717) is 38.9 Å². The third-order valence-electron chi connectivity index (χ3n) is 4.56. The van der Waals surface area contributed by atoms with Gasteiger partial charge in [-0.15, -0.1) is 0 Å². The van der Waals surface area contributed by atoms with Crippen LogP contribution in [0, 0.1) is 11.8 Å². The third kappa shape index (κ3) is 6.84. The summed E-state index contributed by atoms with van der Waals surface area (Å²) < 4.78 is 10.7. The highest BCUT2D eigenvalue weighted by Gasteiger charge is 2.37. The molecule has 0 saturated carbocycles. The first-order valence-electron chi connectivity index (χ1n) is 10.1. The van der Waals surface area contributed by atoms with Gasteiger partial charge < -0.3 is 9.47 Å². The first-order valence-corrected chi connectivity index (χ1v) is 10.1. The lowest BCUT2D eigenvalue weighted by Crippen LogP contribution is -2.37. The van der Waals surface area contributed by atoms with Crippen molar-refractivity contribution < 1.29 is 19.1 Å². The Morgan fingerprint density at radius 2 is 1.11 bits per heavy atom. The molecule has 4 heteroatoms. The fraction of sp³-hybridized carbons (Fsp3) is 0.417. The molecule has 0 atom stereocenters. The van der Waals surface area contributed by atoms with Gasteiger partial charge in [-0.05, 0) is 42.7 Å². The zero-order chi connectivity index (χ0) is 20.2. The molecule has 0 fully saturated rings. The minimum atomic E-state index is -0.932. The van der Waals surface area contributed by atoms with Crippen molar-refractivity contribution in [3.63, 3.8) is 0 Å². The van der Waals surface area contributed by atoms with Gasteiger partial charge in [-0.25, -0.2) is 0 Å². The number of esters is 2. The molecule has 0 aliphatic carbocycles. The molecule has 2 aromatic rings. The van der Waals surface area contributed by atoms with Crippen molar-refractivity contribution in [2.75, 3.05) is 13.2 Å². The number of rotatable bonds is 11. The van der Waals surface area contributed by atoms with Crippen LogP contribution in [0.1, 0.15) is 37.8 Å². The molecule has 150 valence electrons. The van der Waals surface area contributed by atoms with Crippen LogP contribution >= 0.6 is 0 Å². The molecule has 0 unspecified atom stereocenters. The molecule has 0 spiro atoms. The molecular formula is C24H30O4. The molecule has 2 rings (SSSR count). The predicted molar refractivity (Wildman–Crippen MR) is 110 cm³/mol. The molecule has 0 heterocycles. The molecule has 0 radical (unpaired) electrons. The molecule has 28 heavy (non-hydrogen) atoms. The summed E-state index contributed by atoms with van der Waals surface area (Å²) in [5.41, 5.74) is 2.17. The van der Waals surface area contributed by atoms with Crippen molar-refractivity contribution in [1.29, 1.82) is 0 Å². The highest BCUT2D eigenvalue weighted by Crippen LogP contribution is 2.25. The maximum atomic E-state index is 12.8. The largest absolute Gasteiger partial charge is 0.465 e. The molecule has 0 aromatic heterocycles. The first-order chi connectivity index (χ1) is 13.7. The predicted octanol–water partition coefficient (Wildman–Crippen LogP) is 4.61. The summed E-state index contributed by atoms with van der Waals surface area (Å²) in [5.74, 6) is -2.14. The number of carbonyl (C=O) groups is 2. The molecule has 0 aliphatic heterocycles. The van der Waals surface area contributed by atoms with E-state index in [4.69, 9.17) is 9.47 Å². The summed E-state index contributed by atoms with van der Waals surface area (Å²) in [6.45, 7) is 4.48. The Kier molecular flexibility index (Phi) is 9.26. The Morgan fingerprint density at radius 3 is 1.46 bits per heavy atom. The van der Waals surface area contributed by atoms with Gasteiger partial charge in [-0.1, -0.05) is 74.5 Å². The van der Waals surface area contributed by atoms with Gasteiger partial charge in [0.25, 0.3) is 0 Å². The Balaban J connectivity index is 2.31. The number of hydrogen-bond acceptors (Lipinski definition) is 4. The van der Waals surface area contributed by atoms with Gasteiger partial charge in [0.15, 0.2) is 5.92 Å². The van der Waals surface area contributed by atoms with Gasteiger partial charge in [-0.3, -0.25) is 9.59 Å². The smallest absolute Gasteiger partial charge is 0.320 e. The Bertz CT molecular complexity index is 650. The van der Waals surface area contributed by atoms with Gasteiger partial charge in [0.1, 0.15) is 0 Å². The van der Waals surface area contributed by atoms with Gasteiger partial charge in [0.05, 0.1) is 13.2 Å². The van der Waals surface area contributed by atoms with Crippen LogP contribution in [0.25, 0.3) is 0 Å². The summed E-state index contributed by atoms with van der Waals surface area (Å²) in [6, 6.07) is 19.9. The quantitative estimate of drug-likeness (QED) is 0.421. The Hall–Kier alpha value is -2.62. The lowest BCUT2D eigenvalue weighted by atomic mass is 9.82. The van der Waals surface area contributed by atoms with Gasteiger partial charge in [-0.2, -0.15) is 0 Å². The minimum Gasteiger partial charge on any atom is -0.465 e. The molecular weight excluding hydrogens is 352 g/mol. The van der Waals surface area contributed by atoms with Crippen LogP contribution in [-0.4, -0.2) is 25.2 Å². The standard InChI is InChI=1S/C24H30O4/c1-3-15-27-23(25)22(24(26)28-16-4-2)21(17-19-11-7-5-8-12-19)18-20-13-9-6-10-14-20/h5-14,21-22H,3-4,15-18H2,1-2H3. The van der Waals surface area contributed by atoms with Crippen molar-refractivity contribution in [2.45, 2.75) is 39.5 Å². The minimum absolute atomic E-state index is 0.237. The normalized spacial score (nSPS) is 10.9. The number of carbonyl (C=O) groups excluding carboxylic acids is 2. The Labute approximate surface area is 167 Å². The van der Waals surface area contributed by atoms with E-state index in [-0.39, 0.29) is 5.92 Å². The maximum absolute atomic E-state index is 12.8. The van der Waals surface area contributed by atoms with Crippen LogP contribution in [0.2, 0.25) is 0 Å². The summed E-state index contributed by atoms with van der Waals surface area (Å²) >= 11 is 0. The SMILES string of the molecule is CCCOC(=O)C(C(=O)OCCC)C(Cc1ccccc1)Cc1ccccc1. The van der Waals surface area contributed by atoms with E-state index in [1.807, 2.05) is 74.5 Å². The van der Waals surface area contributed by atoms with Gasteiger partial charge in [0, 0.05) is 0 Å². The molecule has 0 aliphatic rings. The van der Waals surface area contributed by atoms with Crippen molar-refractivity contribution in [3.8, 4) is 0 Å². The van der Waals surface area contributed by atoms with Crippen LogP contribution < -0.4 is 0 Å². The average Bonchev–Trinajstić information content (AvgIpc) is 2.72. The molecule has 4 nitrogen and oxygen atoms in total. The molecule has 2 aromatic carbocycles. The molecule has 0 amide bonds. The van der Waals surface area contributed by atoms with Crippen molar-refractivity contribution in [1.82, 2.24) is 0 Å². The van der Waals surface area contributed by atoms with E-state index in [1.165, 1.54) is 0 Å². The topological polar surface area (TPSA) is 52.6 Å². The van der Waals surface area contributed by atoms with Crippen LogP contribution in [0.5, 0.6) is 0 Å². The molecule has 0 bridgehead atoms. The Morgan fingerprint density at radius 1 is 0.714 bits per heavy atom. The third-order valence-corrected chi connectivity index (χ3v) is 4.56. The molecule has 0 N–H and O–H groups in total. The lowest BCUT2D eigenvalue weighted by molar-refractivity contribution is -0.165. The van der Waals surface area contributed by atoms with E-state index < -0.39 is 17.9 Å². The summed E-state index contributed by atoms with van der Waals surface area (Å²) in [7, 11) is 0. The lowest BCUT2D eigenvalue weighted by Gasteiger charge is -2.25. The van der Waals surface area contributed by atoms with Crippen molar-refractivity contribution in [2.24, 2.45) is 11.8 Å². The number of hydrogen-bond donors (Lipinski definition) is 0. The monoisotopic (exact) mass is 382 g/mol. The second kappa shape index (κ2) is 12.0. The van der Waals surface area contributed by atoms with Crippen molar-refractivity contribution in [3.05, 3.63) is 71.8 Å². The zero-order valence-corrected chi connectivity index (χ0v) is 16.8. The second-order valence-electron chi connectivity index (χ2n) is 6.95. The fourth-order valence-corrected chi connectivity index (χ4v) is 3.21. The first kappa shape index (κ1) is 21.7. The van der Waals surface area contributed by atoms with Crippen LogP contribution in [0.15, 0.2) is 60.7 Å². The van der Waals surface area contributed by atoms with Gasteiger partial charge >= 0.3 is 11.9 Å². The van der Waals surface area contributed by atoms with Crippen LogP contribution in [0.3, 0.4) is 0 Å². The summed E-state index contributed by atoms with van der Waals surface area (Å²) in [6.07, 6.45) is 2.63. The van der Waals surface area contributed by atoms with Crippen LogP contribution in [-0.2, 0) is 31.9 Å². The van der Waals surface area contributed by atoms with E-state index in [0.717, 1.165) is 11.1 Å². The van der Waals surface area contributed by atoms with E-state index in [2.05, 4.69) is 0 Å². The van der Waals surface area contributed by atoms with Crippen LogP contribution in [0.4, 0.5) is 0 Å². The average molecular weight is 383 g/mol. The second-order valence-corrected chi connectivity index (χ2v) is 6.95. The van der Waals surface area contributed by atoms with E-state index >= 15 is 0 Å². The number of benzene rings is 2. The van der Waals surface area contributed by atoms with E-state index in [9.17, 15) is 9.59 Å². The summed E-state index contributed by atoms with van der Waals surface area (Å²) in [5, 5.41) is 0. The maximum Gasteiger partial charge on any atom is 0.320 e. The van der Waals surface area contributed by atoms with Crippen molar-refractivity contribution >= 4 is 11.9 Å².